The van der Waals surface area contributed by atoms with Crippen molar-refractivity contribution in [2.24, 2.45) is 0 Å². The summed E-state index contributed by atoms with van der Waals surface area (Å²) >= 11 is 3.55. The Hall–Kier alpha value is -0.590. The maximum atomic E-state index is 12.4. The molecule has 0 spiro atoms. The Bertz CT molecular complexity index is 589. The fourth-order valence-electron chi connectivity index (χ4n) is 2.90. The third-order valence-corrected chi connectivity index (χ3v) is 6.94. The fourth-order valence-corrected chi connectivity index (χ4v) is 5.60. The van der Waals surface area contributed by atoms with Gasteiger partial charge in [0.1, 0.15) is 5.75 Å². The Morgan fingerprint density at radius 1 is 1.43 bits per heavy atom. The van der Waals surface area contributed by atoms with Gasteiger partial charge in [0.15, 0.2) is 9.84 Å². The van der Waals surface area contributed by atoms with Crippen LogP contribution in [0, 0.1) is 0 Å². The van der Waals surface area contributed by atoms with Crippen molar-refractivity contribution in [1.29, 1.82) is 0 Å². The summed E-state index contributed by atoms with van der Waals surface area (Å²) in [6.07, 6.45) is 2.47. The van der Waals surface area contributed by atoms with Crippen LogP contribution < -0.4 is 10.1 Å². The average Bonchev–Trinajstić information content (AvgIpc) is 2.45. The Labute approximate surface area is 135 Å². The highest BCUT2D eigenvalue weighted by atomic mass is 79.9. The Morgan fingerprint density at radius 2 is 2.19 bits per heavy atom. The first-order valence-electron chi connectivity index (χ1n) is 7.28. The minimum atomic E-state index is -3.04. The van der Waals surface area contributed by atoms with Gasteiger partial charge in [0.25, 0.3) is 0 Å². The maximum absolute atomic E-state index is 12.4. The first-order chi connectivity index (χ1) is 9.99. The molecule has 1 aromatic rings. The lowest BCUT2D eigenvalue weighted by Gasteiger charge is -2.31. The molecule has 118 valence electrons. The fraction of sp³-hybridized carbons (Fsp3) is 0.600. The zero-order valence-corrected chi connectivity index (χ0v) is 14.8. The van der Waals surface area contributed by atoms with Gasteiger partial charge in [-0.3, -0.25) is 0 Å². The highest BCUT2D eigenvalue weighted by Crippen LogP contribution is 2.35. The molecule has 1 aliphatic rings. The van der Waals surface area contributed by atoms with Crippen molar-refractivity contribution in [1.82, 2.24) is 5.32 Å². The number of nitrogens with one attached hydrogen (secondary N) is 1. The second-order valence-corrected chi connectivity index (χ2v) is 8.52. The van der Waals surface area contributed by atoms with Crippen molar-refractivity contribution in [2.45, 2.75) is 37.5 Å². The molecule has 1 aromatic carbocycles. The van der Waals surface area contributed by atoms with Crippen molar-refractivity contribution in [3.63, 3.8) is 0 Å². The number of hydrogen-bond donors (Lipinski definition) is 1. The van der Waals surface area contributed by atoms with Gasteiger partial charge < -0.3 is 10.1 Å². The summed E-state index contributed by atoms with van der Waals surface area (Å²) in [5.74, 6) is 1.06. The third-order valence-electron chi connectivity index (χ3n) is 3.97. The number of methoxy groups -OCH3 is 1. The third kappa shape index (κ3) is 3.79. The monoisotopic (exact) mass is 375 g/mol. The highest BCUT2D eigenvalue weighted by Gasteiger charge is 2.36. The van der Waals surface area contributed by atoms with Crippen molar-refractivity contribution >= 4 is 25.8 Å². The molecule has 2 unspecified atom stereocenters. The molecule has 4 nitrogen and oxygen atoms in total. The van der Waals surface area contributed by atoms with E-state index in [4.69, 9.17) is 4.74 Å². The summed E-state index contributed by atoms with van der Waals surface area (Å²) in [5, 5.41) is 3.00. The van der Waals surface area contributed by atoms with Gasteiger partial charge in [0.2, 0.25) is 0 Å². The second kappa shape index (κ2) is 7.11. The summed E-state index contributed by atoms with van der Waals surface area (Å²) in [6.45, 7) is 2.73. The molecule has 0 aromatic heterocycles. The van der Waals surface area contributed by atoms with E-state index in [1.165, 1.54) is 0 Å². The van der Waals surface area contributed by atoms with Crippen LogP contribution in [-0.4, -0.2) is 33.1 Å². The van der Waals surface area contributed by atoms with Gasteiger partial charge in [-0.2, -0.15) is 0 Å². The molecule has 1 N–H and O–H groups in total. The molecule has 1 fully saturated rings. The number of rotatable bonds is 5. The van der Waals surface area contributed by atoms with Gasteiger partial charge >= 0.3 is 0 Å². The SMILES string of the molecule is CCNC(c1ccc(OC)cc1Br)C1CCCCS1(=O)=O. The molecule has 1 aliphatic heterocycles. The summed E-state index contributed by atoms with van der Waals surface area (Å²) in [5.41, 5.74) is 0.980. The maximum Gasteiger partial charge on any atom is 0.155 e. The van der Waals surface area contributed by atoms with Crippen LogP contribution in [0.5, 0.6) is 5.75 Å². The van der Waals surface area contributed by atoms with Gasteiger partial charge in [0, 0.05) is 4.47 Å². The summed E-state index contributed by atoms with van der Waals surface area (Å²) in [6, 6.07) is 5.52. The molecule has 1 heterocycles. The first-order valence-corrected chi connectivity index (χ1v) is 9.79. The summed E-state index contributed by atoms with van der Waals surface area (Å²) in [7, 11) is -1.42. The number of halogens is 1. The zero-order valence-electron chi connectivity index (χ0n) is 12.4. The summed E-state index contributed by atoms with van der Waals surface area (Å²) < 4.78 is 30.9. The van der Waals surface area contributed by atoms with Crippen LogP contribution in [0.1, 0.15) is 37.8 Å². The van der Waals surface area contributed by atoms with E-state index in [1.54, 1.807) is 7.11 Å². The largest absolute Gasteiger partial charge is 0.497 e. The van der Waals surface area contributed by atoms with Gasteiger partial charge in [-0.15, -0.1) is 0 Å². The molecule has 6 heteroatoms. The van der Waals surface area contributed by atoms with Crippen LogP contribution in [0.4, 0.5) is 0 Å². The van der Waals surface area contributed by atoms with Gasteiger partial charge in [0.05, 0.1) is 24.2 Å². The van der Waals surface area contributed by atoms with Crippen LogP contribution in [-0.2, 0) is 9.84 Å². The quantitative estimate of drug-likeness (QED) is 0.858. The van der Waals surface area contributed by atoms with Crippen LogP contribution in [0.3, 0.4) is 0 Å². The van der Waals surface area contributed by atoms with E-state index in [9.17, 15) is 8.42 Å². The van der Waals surface area contributed by atoms with E-state index >= 15 is 0 Å². The minimum Gasteiger partial charge on any atom is -0.497 e. The average molecular weight is 376 g/mol. The molecule has 0 bridgehead atoms. The van der Waals surface area contributed by atoms with Crippen LogP contribution in [0.2, 0.25) is 0 Å². The van der Waals surface area contributed by atoms with Crippen molar-refractivity contribution in [2.75, 3.05) is 19.4 Å². The predicted molar refractivity (Wildman–Crippen MR) is 88.5 cm³/mol. The van der Waals surface area contributed by atoms with Gasteiger partial charge in [-0.1, -0.05) is 35.3 Å². The molecule has 1 saturated heterocycles. The molecule has 0 aliphatic carbocycles. The van der Waals surface area contributed by atoms with E-state index in [-0.39, 0.29) is 11.3 Å². The molecule has 0 radical (unpaired) electrons. The topological polar surface area (TPSA) is 55.4 Å². The first kappa shape index (κ1) is 16.8. The van der Waals surface area contributed by atoms with E-state index in [1.807, 2.05) is 25.1 Å². The lowest BCUT2D eigenvalue weighted by atomic mass is 9.99. The normalized spacial score (nSPS) is 22.7. The van der Waals surface area contributed by atoms with Crippen LogP contribution in [0.15, 0.2) is 22.7 Å². The second-order valence-electron chi connectivity index (χ2n) is 5.32. The Balaban J connectivity index is 2.38. The Morgan fingerprint density at radius 3 is 2.76 bits per heavy atom. The van der Waals surface area contributed by atoms with E-state index < -0.39 is 9.84 Å². The van der Waals surface area contributed by atoms with Crippen LogP contribution in [0.25, 0.3) is 0 Å². The van der Waals surface area contributed by atoms with E-state index in [0.717, 1.165) is 41.6 Å². The molecular formula is C15H22BrNO3S. The standard InChI is InChI=1S/C15H22BrNO3S/c1-3-17-15(14-6-4-5-9-21(14,18)19)12-8-7-11(20-2)10-13(12)16/h7-8,10,14-15,17H,3-6,9H2,1-2H3. The zero-order chi connectivity index (χ0) is 15.5. The lowest BCUT2D eigenvalue weighted by molar-refractivity contribution is 0.413. The van der Waals surface area contributed by atoms with Crippen LogP contribution >= 0.6 is 15.9 Å². The predicted octanol–water partition coefficient (Wildman–Crippen LogP) is 3.08. The summed E-state index contributed by atoms with van der Waals surface area (Å²) in [4.78, 5) is 0. The van der Waals surface area contributed by atoms with Crippen molar-refractivity contribution in [3.05, 3.63) is 28.2 Å². The molecule has 2 rings (SSSR count). The van der Waals surface area contributed by atoms with Crippen molar-refractivity contribution < 1.29 is 13.2 Å². The smallest absolute Gasteiger partial charge is 0.155 e. The molecule has 2 atom stereocenters. The number of benzene rings is 1. The number of hydrogen-bond acceptors (Lipinski definition) is 4. The van der Waals surface area contributed by atoms with Gasteiger partial charge in [-0.25, -0.2) is 8.42 Å². The Kier molecular flexibility index (Phi) is 5.68. The molecule has 0 saturated carbocycles. The number of ether oxygens (including phenoxy) is 1. The number of sulfone groups is 1. The van der Waals surface area contributed by atoms with E-state index in [2.05, 4.69) is 21.2 Å². The lowest BCUT2D eigenvalue weighted by Crippen LogP contribution is -2.40. The molecule has 0 amide bonds. The van der Waals surface area contributed by atoms with Crippen molar-refractivity contribution in [3.8, 4) is 5.75 Å². The molecular weight excluding hydrogens is 354 g/mol. The highest BCUT2D eigenvalue weighted by molar-refractivity contribution is 9.10. The van der Waals surface area contributed by atoms with Gasteiger partial charge in [-0.05, 0) is 37.1 Å². The molecule has 21 heavy (non-hydrogen) atoms. The minimum absolute atomic E-state index is 0.180. The van der Waals surface area contributed by atoms with E-state index in [0.29, 0.717) is 5.75 Å².